The van der Waals surface area contributed by atoms with Gasteiger partial charge in [-0.15, -0.1) is 0 Å². The van der Waals surface area contributed by atoms with Crippen LogP contribution in [0, 0.1) is 0 Å². The van der Waals surface area contributed by atoms with Crippen molar-refractivity contribution < 1.29 is 19.4 Å². The van der Waals surface area contributed by atoms with Crippen LogP contribution in [0.25, 0.3) is 0 Å². The van der Waals surface area contributed by atoms with Crippen LogP contribution in [0.1, 0.15) is 36.8 Å². The summed E-state index contributed by atoms with van der Waals surface area (Å²) in [5, 5.41) is 13.7. The van der Waals surface area contributed by atoms with Gasteiger partial charge in [-0.25, -0.2) is 4.79 Å². The van der Waals surface area contributed by atoms with Gasteiger partial charge < -0.3 is 19.9 Å². The van der Waals surface area contributed by atoms with E-state index in [1.54, 1.807) is 18.1 Å². The lowest BCUT2D eigenvalue weighted by atomic mass is 10.0. The van der Waals surface area contributed by atoms with E-state index < -0.39 is 0 Å². The average molecular weight is 396 g/mol. The van der Waals surface area contributed by atoms with Crippen LogP contribution in [0.3, 0.4) is 0 Å². The van der Waals surface area contributed by atoms with Crippen LogP contribution in [0.2, 0.25) is 0 Å². The largest absolute Gasteiger partial charge is 0.506 e. The molecule has 2 fully saturated rings. The molecule has 2 aliphatic rings. The van der Waals surface area contributed by atoms with Crippen molar-refractivity contribution in [3.05, 3.63) is 53.6 Å². The van der Waals surface area contributed by atoms with Gasteiger partial charge in [0, 0.05) is 12.6 Å². The zero-order chi connectivity index (χ0) is 20.2. The van der Waals surface area contributed by atoms with Crippen molar-refractivity contribution in [3.63, 3.8) is 0 Å². The molecule has 29 heavy (non-hydrogen) atoms. The normalized spacial score (nSPS) is 19.4. The highest BCUT2D eigenvalue weighted by Gasteiger charge is 2.33. The topological polar surface area (TPSA) is 71.0 Å². The van der Waals surface area contributed by atoms with Gasteiger partial charge in [-0.3, -0.25) is 4.90 Å². The SMILES string of the molecule is COc1ccc(CC2COC(=O)N2Cc2ccc(O)c(NC3CCCC3)c2)cc1. The highest BCUT2D eigenvalue weighted by atomic mass is 16.6. The molecule has 1 atom stereocenters. The van der Waals surface area contributed by atoms with Crippen LogP contribution in [0.5, 0.6) is 11.5 Å². The smallest absolute Gasteiger partial charge is 0.410 e. The van der Waals surface area contributed by atoms with Crippen molar-refractivity contribution >= 4 is 11.8 Å². The van der Waals surface area contributed by atoms with Crippen LogP contribution in [0.15, 0.2) is 42.5 Å². The number of ether oxygens (including phenoxy) is 2. The number of aromatic hydroxyl groups is 1. The first-order chi connectivity index (χ1) is 14.1. The Morgan fingerprint density at radius 2 is 1.86 bits per heavy atom. The fraction of sp³-hybridized carbons (Fsp3) is 0.435. The first kappa shape index (κ1) is 19.4. The minimum absolute atomic E-state index is 0.0176. The van der Waals surface area contributed by atoms with E-state index in [9.17, 15) is 9.90 Å². The van der Waals surface area contributed by atoms with E-state index in [1.807, 2.05) is 36.4 Å². The van der Waals surface area contributed by atoms with Gasteiger partial charge in [0.1, 0.15) is 18.1 Å². The van der Waals surface area contributed by atoms with E-state index >= 15 is 0 Å². The molecule has 1 saturated carbocycles. The number of carbonyl (C=O) groups excluding carboxylic acids is 1. The third-order valence-corrected chi connectivity index (χ3v) is 5.83. The molecule has 6 nitrogen and oxygen atoms in total. The number of anilines is 1. The van der Waals surface area contributed by atoms with E-state index in [2.05, 4.69) is 5.32 Å². The molecule has 4 rings (SSSR count). The van der Waals surface area contributed by atoms with Crippen molar-refractivity contribution in [2.45, 2.75) is 50.7 Å². The van der Waals surface area contributed by atoms with Gasteiger partial charge in [0.2, 0.25) is 0 Å². The Kier molecular flexibility index (Phi) is 5.79. The van der Waals surface area contributed by atoms with Gasteiger partial charge in [0.15, 0.2) is 0 Å². The van der Waals surface area contributed by atoms with Crippen LogP contribution < -0.4 is 10.1 Å². The van der Waals surface area contributed by atoms with Crippen molar-refractivity contribution in [2.75, 3.05) is 19.0 Å². The molecular formula is C23H28N2O4. The Morgan fingerprint density at radius 3 is 2.59 bits per heavy atom. The summed E-state index contributed by atoms with van der Waals surface area (Å²) >= 11 is 0. The predicted octanol–water partition coefficient (Wildman–Crippen LogP) is 4.32. The zero-order valence-corrected chi connectivity index (χ0v) is 16.8. The fourth-order valence-corrected chi connectivity index (χ4v) is 4.17. The summed E-state index contributed by atoms with van der Waals surface area (Å²) in [6, 6.07) is 13.8. The molecule has 1 aliphatic heterocycles. The molecule has 0 bridgehead atoms. The monoisotopic (exact) mass is 396 g/mol. The van der Waals surface area contributed by atoms with Gasteiger partial charge in [-0.2, -0.15) is 0 Å². The zero-order valence-electron chi connectivity index (χ0n) is 16.8. The molecule has 1 aliphatic carbocycles. The van der Waals surface area contributed by atoms with Crippen LogP contribution >= 0.6 is 0 Å². The second kappa shape index (κ2) is 8.64. The van der Waals surface area contributed by atoms with Crippen molar-refractivity contribution in [1.82, 2.24) is 4.90 Å². The Balaban J connectivity index is 1.45. The minimum Gasteiger partial charge on any atom is -0.506 e. The lowest BCUT2D eigenvalue weighted by Crippen LogP contribution is -2.34. The number of benzene rings is 2. The number of methoxy groups -OCH3 is 1. The Bertz CT molecular complexity index is 846. The first-order valence-corrected chi connectivity index (χ1v) is 10.3. The number of cyclic esters (lactones) is 1. The molecular weight excluding hydrogens is 368 g/mol. The van der Waals surface area contributed by atoms with E-state index in [0.29, 0.717) is 19.2 Å². The van der Waals surface area contributed by atoms with Gasteiger partial charge in [0.25, 0.3) is 0 Å². The molecule has 0 radical (unpaired) electrons. The van der Waals surface area contributed by atoms with Crippen molar-refractivity contribution in [2.24, 2.45) is 0 Å². The third-order valence-electron chi connectivity index (χ3n) is 5.83. The Morgan fingerprint density at radius 1 is 1.14 bits per heavy atom. The minimum atomic E-state index is -0.290. The number of phenolic OH excluding ortho intramolecular Hbond substituents is 1. The quantitative estimate of drug-likeness (QED) is 0.682. The maximum absolute atomic E-state index is 12.3. The molecule has 0 spiro atoms. The third kappa shape index (κ3) is 4.58. The molecule has 2 aromatic carbocycles. The molecule has 0 aromatic heterocycles. The summed E-state index contributed by atoms with van der Waals surface area (Å²) in [4.78, 5) is 14.1. The molecule has 6 heteroatoms. The summed E-state index contributed by atoms with van der Waals surface area (Å²) in [6.45, 7) is 0.843. The van der Waals surface area contributed by atoms with Gasteiger partial charge in [-0.05, 0) is 54.7 Å². The standard InChI is InChI=1S/C23H28N2O4/c1-28-20-9-6-16(7-10-20)12-19-15-29-23(27)25(19)14-17-8-11-22(26)21(13-17)24-18-4-2-3-5-18/h6-11,13,18-19,24,26H,2-5,12,14-15H2,1H3. The molecule has 1 unspecified atom stereocenters. The number of phenols is 1. The maximum Gasteiger partial charge on any atom is 0.410 e. The molecule has 1 amide bonds. The number of nitrogens with one attached hydrogen (secondary N) is 1. The highest BCUT2D eigenvalue weighted by molar-refractivity contribution is 5.70. The second-order valence-corrected chi connectivity index (χ2v) is 7.89. The van der Waals surface area contributed by atoms with E-state index in [0.717, 1.165) is 41.8 Å². The van der Waals surface area contributed by atoms with Crippen LogP contribution in [-0.2, 0) is 17.7 Å². The average Bonchev–Trinajstić information content (AvgIpc) is 3.36. The molecule has 1 saturated heterocycles. The van der Waals surface area contributed by atoms with Gasteiger partial charge in [-0.1, -0.05) is 31.0 Å². The summed E-state index contributed by atoms with van der Waals surface area (Å²) in [5.41, 5.74) is 2.85. The fourth-order valence-electron chi connectivity index (χ4n) is 4.17. The molecule has 154 valence electrons. The van der Waals surface area contributed by atoms with E-state index in [4.69, 9.17) is 9.47 Å². The van der Waals surface area contributed by atoms with Crippen molar-refractivity contribution in [1.29, 1.82) is 0 Å². The number of rotatable bonds is 7. The number of carbonyl (C=O) groups is 1. The lowest BCUT2D eigenvalue weighted by molar-refractivity contribution is 0.156. The van der Waals surface area contributed by atoms with Crippen molar-refractivity contribution in [3.8, 4) is 11.5 Å². The molecule has 2 N–H and O–H groups in total. The van der Waals surface area contributed by atoms with E-state index in [-0.39, 0.29) is 17.9 Å². The van der Waals surface area contributed by atoms with Crippen LogP contribution in [-0.4, -0.2) is 41.9 Å². The Labute approximate surface area is 171 Å². The summed E-state index contributed by atoms with van der Waals surface area (Å²) in [5.74, 6) is 1.06. The van der Waals surface area contributed by atoms with E-state index in [1.165, 1.54) is 12.8 Å². The summed E-state index contributed by atoms with van der Waals surface area (Å²) in [6.07, 6.45) is 5.15. The van der Waals surface area contributed by atoms with Gasteiger partial charge >= 0.3 is 6.09 Å². The van der Waals surface area contributed by atoms with Gasteiger partial charge in [0.05, 0.1) is 18.8 Å². The number of hydrogen-bond donors (Lipinski definition) is 2. The van der Waals surface area contributed by atoms with Crippen LogP contribution in [0.4, 0.5) is 10.5 Å². The molecule has 1 heterocycles. The lowest BCUT2D eigenvalue weighted by Gasteiger charge is -2.22. The predicted molar refractivity (Wildman–Crippen MR) is 111 cm³/mol. The highest BCUT2D eigenvalue weighted by Crippen LogP contribution is 2.30. The number of nitrogens with zero attached hydrogens (tertiary/aromatic N) is 1. The molecule has 2 aromatic rings. The second-order valence-electron chi connectivity index (χ2n) is 7.89. The maximum atomic E-state index is 12.3. The summed E-state index contributed by atoms with van der Waals surface area (Å²) in [7, 11) is 1.65. The number of hydrogen-bond acceptors (Lipinski definition) is 5. The summed E-state index contributed by atoms with van der Waals surface area (Å²) < 4.78 is 10.5. The number of amides is 1. The first-order valence-electron chi connectivity index (χ1n) is 10.3. The Hall–Kier alpha value is -2.89.